The van der Waals surface area contributed by atoms with Crippen LogP contribution in [0.4, 0.5) is 13.2 Å². The summed E-state index contributed by atoms with van der Waals surface area (Å²) in [5.74, 6) is -5.20. The Balaban J connectivity index is 0.000000148. The number of aromatic nitrogens is 2. The Morgan fingerprint density at radius 2 is 1.20 bits per heavy atom. The number of H-pyrrole nitrogens is 1. The monoisotopic (exact) mass is 1100 g/mol. The van der Waals surface area contributed by atoms with Crippen molar-refractivity contribution in [2.24, 2.45) is 0 Å². The van der Waals surface area contributed by atoms with Crippen LogP contribution in [0.1, 0.15) is 109 Å². The molecule has 80 heavy (non-hydrogen) atoms. The van der Waals surface area contributed by atoms with Crippen molar-refractivity contribution in [3.8, 4) is 12.1 Å². The molecule has 0 bridgehead atoms. The largest absolute Gasteiger partial charge is 0.478 e. The molecule has 1 aromatic heterocycles. The van der Waals surface area contributed by atoms with Crippen LogP contribution < -0.4 is 5.56 Å². The SMILES string of the molecule is COP(=O)(OC)C1OC(=O)c2ccccc21.N#Cc1cc(/C=C2\OC(=O)c3ccccc32)ccc1F.N#Cc1cc(C=O)ccc1F.O=C(O)c1cc(Cc2n[nH]c(=O)c3ccccc23)ccc1F.O=C1OC(O)c2ccccc21. The quantitative estimate of drug-likeness (QED) is 0.0552. The lowest BCUT2D eigenvalue weighted by Crippen LogP contribution is -2.11. The molecule has 11 rings (SSSR count). The number of hydrogen-bond acceptors (Lipinski definition) is 16. The summed E-state index contributed by atoms with van der Waals surface area (Å²) < 4.78 is 75.8. The number of aliphatic hydroxyl groups is 1. The third kappa shape index (κ3) is 13.1. The number of aromatic amines is 1. The number of carbonyl (C=O) groups is 5. The van der Waals surface area contributed by atoms with Gasteiger partial charge >= 0.3 is 31.5 Å². The molecule has 0 saturated heterocycles. The molecule has 3 aliphatic heterocycles. The number of esters is 3. The zero-order chi connectivity index (χ0) is 57.7. The van der Waals surface area contributed by atoms with E-state index < -0.39 is 61.1 Å². The van der Waals surface area contributed by atoms with Gasteiger partial charge in [-0.1, -0.05) is 84.9 Å². The van der Waals surface area contributed by atoms with E-state index in [1.54, 1.807) is 115 Å². The Bertz CT molecular complexity index is 3960. The number of carboxylic acids is 1. The molecule has 3 aliphatic rings. The van der Waals surface area contributed by atoms with E-state index >= 15 is 0 Å². The van der Waals surface area contributed by atoms with Crippen LogP contribution in [0.3, 0.4) is 0 Å². The Kier molecular flexibility index (Phi) is 18.6. The highest BCUT2D eigenvalue weighted by molar-refractivity contribution is 7.54. The molecule has 2 unspecified atom stereocenters. The maximum absolute atomic E-state index is 13.4. The van der Waals surface area contributed by atoms with Gasteiger partial charge in [0.1, 0.15) is 41.6 Å². The first-order chi connectivity index (χ1) is 38.4. The standard InChI is InChI=1S/C16H11FN2O3.C16H8FNO2.C10H11O5P.C8H4FNO.C8H6O3/c17-13-6-5-9(7-12(13)16(21)22)8-14-10-3-1-2-4-11(10)15(20)19-18-14;17-14-6-5-10(7-11(14)9-18)8-15-12-3-1-2-4-13(12)16(19)20-15;1-13-16(12,14-2)10-8-6-4-3-5-7(8)9(11)15-10;9-8-2-1-6(5-11)3-7(8)4-10;9-7-5-3-1-2-4-6(5)8(10)11-7/h1-7H,8H2,(H,19,20)(H,21,22);1-8H;3-6,10H,1-2H3;1-3,5H;1-4,7,9H/b;15-8-;;;. The second-order valence-electron chi connectivity index (χ2n) is 16.7. The Labute approximate surface area is 451 Å². The number of benzene rings is 7. The summed E-state index contributed by atoms with van der Waals surface area (Å²) in [7, 11) is -0.916. The molecule has 0 radical (unpaired) electrons. The average Bonchev–Trinajstić information content (AvgIpc) is 4.10. The predicted molar refractivity (Wildman–Crippen MR) is 279 cm³/mol. The molecular formula is C58H40F3N4O14P. The third-order valence-corrected chi connectivity index (χ3v) is 13.8. The van der Waals surface area contributed by atoms with E-state index in [0.717, 1.165) is 12.1 Å². The zero-order valence-corrected chi connectivity index (χ0v) is 42.6. The van der Waals surface area contributed by atoms with Gasteiger partial charge < -0.3 is 33.5 Å². The normalized spacial score (nSPS) is 14.7. The van der Waals surface area contributed by atoms with E-state index in [1.165, 1.54) is 56.7 Å². The summed E-state index contributed by atoms with van der Waals surface area (Å²) in [4.78, 5) is 66.9. The summed E-state index contributed by atoms with van der Waals surface area (Å²) in [6, 6.07) is 42.7. The Morgan fingerprint density at radius 3 is 1.80 bits per heavy atom. The number of fused-ring (bicyclic) bond motifs is 4. The van der Waals surface area contributed by atoms with Crippen LogP contribution in [0, 0.1) is 40.1 Å². The van der Waals surface area contributed by atoms with Crippen molar-refractivity contribution in [1.29, 1.82) is 10.5 Å². The van der Waals surface area contributed by atoms with Crippen LogP contribution in [0.5, 0.6) is 0 Å². The number of cyclic esters (lactones) is 3. The minimum Gasteiger partial charge on any atom is -0.478 e. The fourth-order valence-corrected chi connectivity index (χ4v) is 9.19. The molecular weight excluding hydrogens is 1060 g/mol. The highest BCUT2D eigenvalue weighted by Crippen LogP contribution is 2.63. The van der Waals surface area contributed by atoms with Crippen molar-refractivity contribution in [3.63, 3.8) is 0 Å². The lowest BCUT2D eigenvalue weighted by Gasteiger charge is -2.19. The van der Waals surface area contributed by atoms with Crippen molar-refractivity contribution in [3.05, 3.63) is 252 Å². The van der Waals surface area contributed by atoms with Crippen molar-refractivity contribution >= 4 is 60.4 Å². The number of aldehydes is 1. The Hall–Kier alpha value is -10.2. The fraction of sp³-hybridized carbons (Fsp3) is 0.0862. The number of carbonyl (C=O) groups excluding carboxylic acids is 4. The molecule has 7 aromatic carbocycles. The summed E-state index contributed by atoms with van der Waals surface area (Å²) in [5.41, 5.74) is 4.44. The third-order valence-electron chi connectivity index (χ3n) is 11.8. The number of aromatic carboxylic acids is 1. The fourth-order valence-electron chi connectivity index (χ4n) is 7.86. The molecule has 2 atom stereocenters. The highest BCUT2D eigenvalue weighted by Gasteiger charge is 2.45. The van der Waals surface area contributed by atoms with Crippen LogP contribution in [-0.2, 0) is 34.2 Å². The summed E-state index contributed by atoms with van der Waals surface area (Å²) in [6.07, 6.45) is 1.40. The van der Waals surface area contributed by atoms with E-state index in [-0.39, 0.29) is 28.7 Å². The van der Waals surface area contributed by atoms with Gasteiger partial charge in [0, 0.05) is 48.3 Å². The summed E-state index contributed by atoms with van der Waals surface area (Å²) in [6.45, 7) is 0. The van der Waals surface area contributed by atoms with Crippen LogP contribution in [0.2, 0.25) is 0 Å². The predicted octanol–water partition coefficient (Wildman–Crippen LogP) is 10.4. The lowest BCUT2D eigenvalue weighted by molar-refractivity contribution is -0.0548. The van der Waals surface area contributed by atoms with Gasteiger partial charge in [0.05, 0.1) is 44.5 Å². The molecule has 0 spiro atoms. The molecule has 4 heterocycles. The van der Waals surface area contributed by atoms with Crippen molar-refractivity contribution < 1.29 is 75.2 Å². The second-order valence-corrected chi connectivity index (χ2v) is 19.0. The number of hydrogen-bond donors (Lipinski definition) is 3. The summed E-state index contributed by atoms with van der Waals surface area (Å²) >= 11 is 0. The van der Waals surface area contributed by atoms with Gasteiger partial charge in [0.25, 0.3) is 5.56 Å². The number of ether oxygens (including phenoxy) is 3. The van der Waals surface area contributed by atoms with Gasteiger partial charge in [-0.2, -0.15) is 15.6 Å². The van der Waals surface area contributed by atoms with Crippen LogP contribution in [-0.4, -0.2) is 64.8 Å². The van der Waals surface area contributed by atoms with E-state index in [9.17, 15) is 46.5 Å². The number of nitrogens with zero attached hydrogens (tertiary/aromatic N) is 3. The minimum atomic E-state index is -3.44. The molecule has 22 heteroatoms. The van der Waals surface area contributed by atoms with Gasteiger partial charge in [-0.3, -0.25) is 14.2 Å². The van der Waals surface area contributed by atoms with Gasteiger partial charge in [-0.25, -0.2) is 37.4 Å². The molecule has 3 N–H and O–H groups in total. The average molecular weight is 1100 g/mol. The number of rotatable bonds is 8. The number of nitrogens with one attached hydrogen (secondary N) is 1. The zero-order valence-electron chi connectivity index (χ0n) is 41.7. The van der Waals surface area contributed by atoms with Crippen LogP contribution in [0.25, 0.3) is 22.6 Å². The maximum Gasteiger partial charge on any atom is 0.375 e. The van der Waals surface area contributed by atoms with E-state index in [1.807, 2.05) is 0 Å². The highest BCUT2D eigenvalue weighted by atomic mass is 31.2. The van der Waals surface area contributed by atoms with E-state index in [4.69, 9.17) is 39.3 Å². The lowest BCUT2D eigenvalue weighted by atomic mass is 10.0. The molecule has 0 saturated carbocycles. The van der Waals surface area contributed by atoms with Gasteiger partial charge in [-0.05, 0) is 83.9 Å². The van der Waals surface area contributed by atoms with Gasteiger partial charge in [0.2, 0.25) is 12.1 Å². The molecule has 18 nitrogen and oxygen atoms in total. The first-order valence-electron chi connectivity index (χ1n) is 23.3. The van der Waals surface area contributed by atoms with Crippen LogP contribution in [0.15, 0.2) is 156 Å². The number of aliphatic hydroxyl groups excluding tert-OH is 1. The summed E-state index contributed by atoms with van der Waals surface area (Å²) in [5, 5.41) is 42.8. The molecule has 402 valence electrons. The number of carboxylic acid groups (broad SMARTS) is 1. The molecule has 8 aromatic rings. The first-order valence-corrected chi connectivity index (χ1v) is 24.9. The second kappa shape index (κ2) is 25.8. The smallest absolute Gasteiger partial charge is 0.375 e. The van der Waals surface area contributed by atoms with Crippen molar-refractivity contribution in [2.45, 2.75) is 18.6 Å². The van der Waals surface area contributed by atoms with E-state index in [2.05, 4.69) is 14.9 Å². The van der Waals surface area contributed by atoms with Gasteiger partial charge in [0.15, 0.2) is 0 Å². The first kappa shape index (κ1) is 57.6. The molecule has 0 fully saturated rings. The van der Waals surface area contributed by atoms with E-state index in [0.29, 0.717) is 78.6 Å². The van der Waals surface area contributed by atoms with Gasteiger partial charge in [-0.15, -0.1) is 0 Å². The topological polar surface area (TPSA) is 282 Å². The Morgan fingerprint density at radius 1 is 0.675 bits per heavy atom. The van der Waals surface area contributed by atoms with Crippen molar-refractivity contribution in [2.75, 3.05) is 14.2 Å². The van der Waals surface area contributed by atoms with Crippen LogP contribution >= 0.6 is 7.60 Å². The maximum atomic E-state index is 13.4. The van der Waals surface area contributed by atoms with Crippen molar-refractivity contribution in [1.82, 2.24) is 10.2 Å². The minimum absolute atomic E-state index is 0.0445. The molecule has 0 amide bonds. The number of nitriles is 2. The number of halogens is 3. The molecule has 0 aliphatic carbocycles.